The number of aromatic nitrogens is 1. The number of anilines is 1. The van der Waals surface area contributed by atoms with Crippen molar-refractivity contribution in [2.24, 2.45) is 0 Å². The molecule has 0 bridgehead atoms. The Kier molecular flexibility index (Phi) is 8.54. The van der Waals surface area contributed by atoms with Crippen molar-refractivity contribution in [2.45, 2.75) is 46.6 Å². The molecular formula is C31H32N2O6S. The molecule has 8 nitrogen and oxygen atoms in total. The first-order valence-corrected chi connectivity index (χ1v) is 13.8. The van der Waals surface area contributed by atoms with E-state index in [2.05, 4.69) is 25.4 Å². The van der Waals surface area contributed by atoms with Gasteiger partial charge >= 0.3 is 11.9 Å². The maximum Gasteiger partial charge on any atom is 0.350 e. The fraction of sp³-hybridized carbons (Fsp3) is 0.290. The van der Waals surface area contributed by atoms with Crippen molar-refractivity contribution >= 4 is 39.9 Å². The van der Waals surface area contributed by atoms with Gasteiger partial charge in [0.1, 0.15) is 23.0 Å². The Labute approximate surface area is 237 Å². The summed E-state index contributed by atoms with van der Waals surface area (Å²) in [6, 6.07) is 11.6. The molecule has 0 unspecified atom stereocenters. The first-order chi connectivity index (χ1) is 19.1. The molecule has 1 N–H and O–H groups in total. The van der Waals surface area contributed by atoms with Crippen LogP contribution in [-0.2, 0) is 14.3 Å². The molecular weight excluding hydrogens is 528 g/mol. The zero-order valence-electron chi connectivity index (χ0n) is 23.2. The van der Waals surface area contributed by atoms with Gasteiger partial charge in [-0.05, 0) is 61.6 Å². The number of aliphatic hydroxyl groups excluding tert-OH is 1. The normalized spacial score (nSPS) is 16.4. The van der Waals surface area contributed by atoms with Crippen LogP contribution in [0.1, 0.15) is 70.4 Å². The van der Waals surface area contributed by atoms with Gasteiger partial charge in [0.25, 0.3) is 5.78 Å². The van der Waals surface area contributed by atoms with E-state index in [0.29, 0.717) is 29.2 Å². The number of esters is 1. The topological polar surface area (TPSA) is 106 Å². The number of amides is 1. The van der Waals surface area contributed by atoms with E-state index in [4.69, 9.17) is 9.47 Å². The molecule has 0 saturated carbocycles. The zero-order chi connectivity index (χ0) is 29.1. The summed E-state index contributed by atoms with van der Waals surface area (Å²) in [5.41, 5.74) is 3.15. The van der Waals surface area contributed by atoms with E-state index in [9.17, 15) is 19.5 Å². The lowest BCUT2D eigenvalue weighted by atomic mass is 9.93. The minimum absolute atomic E-state index is 0.0630. The van der Waals surface area contributed by atoms with Gasteiger partial charge in [-0.2, -0.15) is 0 Å². The molecule has 0 aliphatic carbocycles. The van der Waals surface area contributed by atoms with E-state index in [1.165, 1.54) is 4.90 Å². The summed E-state index contributed by atoms with van der Waals surface area (Å²) >= 11 is 0.977. The van der Waals surface area contributed by atoms with Crippen LogP contribution >= 0.6 is 11.3 Å². The highest BCUT2D eigenvalue weighted by atomic mass is 32.1. The second-order valence-electron chi connectivity index (χ2n) is 9.70. The summed E-state index contributed by atoms with van der Waals surface area (Å²) < 4.78 is 10.8. The fourth-order valence-corrected chi connectivity index (χ4v) is 5.53. The highest BCUT2D eigenvalue weighted by Crippen LogP contribution is 2.44. The molecule has 0 radical (unpaired) electrons. The number of Topliss-reactive ketones (excluding diaryl/α,β-unsaturated/α-hetero) is 1. The van der Waals surface area contributed by atoms with E-state index in [1.54, 1.807) is 38.1 Å². The lowest BCUT2D eigenvalue weighted by molar-refractivity contribution is -0.132. The van der Waals surface area contributed by atoms with E-state index >= 15 is 0 Å². The highest BCUT2D eigenvalue weighted by Gasteiger charge is 2.48. The molecule has 40 heavy (non-hydrogen) atoms. The van der Waals surface area contributed by atoms with Crippen LogP contribution in [0, 0.1) is 13.8 Å². The van der Waals surface area contributed by atoms with E-state index in [-0.39, 0.29) is 33.9 Å². The Balaban J connectivity index is 1.88. The molecule has 208 valence electrons. The van der Waals surface area contributed by atoms with Gasteiger partial charge in [0.05, 0.1) is 23.9 Å². The number of benzene rings is 2. The fourth-order valence-electron chi connectivity index (χ4n) is 4.54. The number of hydrogen-bond donors (Lipinski definition) is 1. The van der Waals surface area contributed by atoms with Gasteiger partial charge in [0.2, 0.25) is 0 Å². The summed E-state index contributed by atoms with van der Waals surface area (Å²) in [6.07, 6.45) is 1.63. The molecule has 1 aromatic heterocycles. The summed E-state index contributed by atoms with van der Waals surface area (Å²) in [5, 5.41) is 11.7. The minimum Gasteiger partial charge on any atom is -0.507 e. The molecule has 1 aliphatic rings. The first kappa shape index (κ1) is 28.8. The molecule has 1 aliphatic heterocycles. The van der Waals surface area contributed by atoms with Crippen LogP contribution < -0.4 is 9.64 Å². The van der Waals surface area contributed by atoms with Crippen LogP contribution in [0.5, 0.6) is 5.75 Å². The minimum atomic E-state index is -0.959. The molecule has 2 heterocycles. The second-order valence-corrected chi connectivity index (χ2v) is 10.7. The summed E-state index contributed by atoms with van der Waals surface area (Å²) in [4.78, 5) is 45.5. The average Bonchev–Trinajstić information content (AvgIpc) is 3.44. The van der Waals surface area contributed by atoms with Crippen molar-refractivity contribution in [3.63, 3.8) is 0 Å². The lowest BCUT2D eigenvalue weighted by Crippen LogP contribution is -2.29. The molecule has 1 amide bonds. The Morgan fingerprint density at radius 2 is 1.88 bits per heavy atom. The summed E-state index contributed by atoms with van der Waals surface area (Å²) in [7, 11) is 0. The van der Waals surface area contributed by atoms with E-state index in [1.807, 2.05) is 31.2 Å². The van der Waals surface area contributed by atoms with Crippen molar-refractivity contribution in [1.82, 2.24) is 4.98 Å². The number of hydrogen-bond acceptors (Lipinski definition) is 8. The van der Waals surface area contributed by atoms with Gasteiger partial charge in [-0.1, -0.05) is 62.1 Å². The molecule has 1 fully saturated rings. The van der Waals surface area contributed by atoms with Gasteiger partial charge < -0.3 is 14.6 Å². The third kappa shape index (κ3) is 5.42. The number of thiazole rings is 1. The molecule has 1 saturated heterocycles. The Hall–Kier alpha value is -4.24. The summed E-state index contributed by atoms with van der Waals surface area (Å²) in [5.74, 6) is -1.65. The maximum atomic E-state index is 13.5. The summed E-state index contributed by atoms with van der Waals surface area (Å²) in [6.45, 7) is 13.5. The molecule has 2 aromatic carbocycles. The predicted molar refractivity (Wildman–Crippen MR) is 155 cm³/mol. The van der Waals surface area contributed by atoms with Gasteiger partial charge in [-0.3, -0.25) is 14.5 Å². The number of aryl methyl sites for hydroxylation is 2. The van der Waals surface area contributed by atoms with Gasteiger partial charge in [0.15, 0.2) is 5.13 Å². The van der Waals surface area contributed by atoms with Crippen molar-refractivity contribution < 1.29 is 29.0 Å². The number of rotatable bonds is 9. The number of carbonyl (C=O) groups excluding carboxylic acids is 3. The molecule has 9 heteroatoms. The Bertz CT molecular complexity index is 1500. The predicted octanol–water partition coefficient (Wildman–Crippen LogP) is 6.25. The van der Waals surface area contributed by atoms with Crippen LogP contribution in [0.4, 0.5) is 5.13 Å². The highest BCUT2D eigenvalue weighted by molar-refractivity contribution is 7.17. The third-order valence-corrected chi connectivity index (χ3v) is 7.76. The molecule has 1 atom stereocenters. The Morgan fingerprint density at radius 3 is 2.48 bits per heavy atom. The van der Waals surface area contributed by atoms with Crippen LogP contribution in [0.2, 0.25) is 0 Å². The Morgan fingerprint density at radius 1 is 1.18 bits per heavy atom. The largest absolute Gasteiger partial charge is 0.507 e. The monoisotopic (exact) mass is 560 g/mol. The van der Waals surface area contributed by atoms with Crippen LogP contribution in [0.15, 0.2) is 60.7 Å². The molecule has 0 spiro atoms. The standard InChI is InChI=1S/C31H32N2O6S/c1-7-15-39-23-14-13-22(16-18(23)5)26(34)24-25(21-11-9-20(10-12-21)17(3)4)33(29(36)27(24)35)31-32-19(6)28(40-31)30(37)38-8-2/h7,9-14,16-17,25,34H,1,8,15H2,2-6H3/t25-/m0/s1. The van der Waals surface area contributed by atoms with Crippen LogP contribution in [-0.4, -0.2) is 41.0 Å². The molecule has 4 rings (SSSR count). The first-order valence-electron chi connectivity index (χ1n) is 13.0. The van der Waals surface area contributed by atoms with Gasteiger partial charge in [-0.25, -0.2) is 9.78 Å². The quantitative estimate of drug-likeness (QED) is 0.108. The van der Waals surface area contributed by atoms with Gasteiger partial charge in [0, 0.05) is 5.56 Å². The van der Waals surface area contributed by atoms with Crippen molar-refractivity contribution in [1.29, 1.82) is 0 Å². The zero-order valence-corrected chi connectivity index (χ0v) is 24.0. The second kappa shape index (κ2) is 11.9. The number of nitrogens with zero attached hydrogens (tertiary/aromatic N) is 2. The van der Waals surface area contributed by atoms with Crippen LogP contribution in [0.3, 0.4) is 0 Å². The number of ether oxygens (including phenoxy) is 2. The van der Waals surface area contributed by atoms with E-state index < -0.39 is 23.7 Å². The van der Waals surface area contributed by atoms with E-state index in [0.717, 1.165) is 22.5 Å². The lowest BCUT2D eigenvalue weighted by Gasteiger charge is -2.23. The smallest absolute Gasteiger partial charge is 0.350 e. The molecule has 3 aromatic rings. The number of ketones is 1. The SMILES string of the molecule is C=CCOc1ccc(C(O)=C2C(=O)C(=O)N(c3nc(C)c(C(=O)OCC)s3)[C@H]2c2ccc(C(C)C)cc2)cc1C. The van der Waals surface area contributed by atoms with Crippen molar-refractivity contribution in [3.8, 4) is 5.75 Å². The number of carbonyl (C=O) groups is 3. The van der Waals surface area contributed by atoms with Gasteiger partial charge in [-0.15, -0.1) is 0 Å². The number of aliphatic hydroxyl groups is 1. The average molecular weight is 561 g/mol. The maximum absolute atomic E-state index is 13.5. The van der Waals surface area contributed by atoms with Crippen molar-refractivity contribution in [3.05, 3.63) is 93.5 Å². The van der Waals surface area contributed by atoms with Crippen molar-refractivity contribution in [2.75, 3.05) is 18.1 Å². The third-order valence-electron chi connectivity index (χ3n) is 6.62. The van der Waals surface area contributed by atoms with Crippen LogP contribution in [0.25, 0.3) is 5.76 Å².